The maximum absolute atomic E-state index is 11.8. The number of hydrogen-bond acceptors (Lipinski definition) is 4. The molecule has 0 unspecified atom stereocenters. The van der Waals surface area contributed by atoms with Gasteiger partial charge in [-0.2, -0.15) is 0 Å². The molecule has 0 aliphatic carbocycles. The number of rotatable bonds is 5. The van der Waals surface area contributed by atoms with Gasteiger partial charge in [-0.05, 0) is 38.8 Å². The number of piperidine rings is 1. The molecular weight excluding hydrogens is 264 g/mol. The Morgan fingerprint density at radius 3 is 2.58 bits per heavy atom. The Bertz CT molecular complexity index is 309. The van der Waals surface area contributed by atoms with Gasteiger partial charge in [0.05, 0.1) is 12.7 Å². The van der Waals surface area contributed by atoms with Crippen molar-refractivity contribution in [2.45, 2.75) is 44.2 Å². The minimum absolute atomic E-state index is 0.0617. The summed E-state index contributed by atoms with van der Waals surface area (Å²) in [5.41, 5.74) is 0. The van der Waals surface area contributed by atoms with Crippen molar-refractivity contribution in [3.05, 3.63) is 0 Å². The summed E-state index contributed by atoms with van der Waals surface area (Å²) in [6.45, 7) is 2.53. The highest BCUT2D eigenvalue weighted by Crippen LogP contribution is 2.10. The van der Waals surface area contributed by atoms with Gasteiger partial charge in [0.1, 0.15) is 0 Å². The van der Waals surface area contributed by atoms with Crippen LogP contribution in [0.5, 0.6) is 0 Å². The minimum atomic E-state index is -0.666. The smallest absolute Gasteiger partial charge is 0.222 e. The average molecular weight is 288 g/mol. The standard InChI is InChI=1S/C13H24N2O3S/c16-13(15-11-4-9-19(17)10-5-11)3-8-18-12-1-6-14-7-2-12/h11-12,14H,1-10H2,(H,15,16). The maximum Gasteiger partial charge on any atom is 0.222 e. The minimum Gasteiger partial charge on any atom is -0.378 e. The van der Waals surface area contributed by atoms with Crippen LogP contribution in [0.25, 0.3) is 0 Å². The zero-order valence-corrected chi connectivity index (χ0v) is 12.2. The first kappa shape index (κ1) is 14.9. The lowest BCUT2D eigenvalue weighted by Gasteiger charge is -2.24. The number of carbonyl (C=O) groups excluding carboxylic acids is 1. The molecule has 2 heterocycles. The van der Waals surface area contributed by atoms with Gasteiger partial charge in [-0.3, -0.25) is 9.00 Å². The van der Waals surface area contributed by atoms with E-state index in [1.165, 1.54) is 0 Å². The van der Waals surface area contributed by atoms with Gasteiger partial charge in [-0.15, -0.1) is 0 Å². The van der Waals surface area contributed by atoms with Gasteiger partial charge in [0, 0.05) is 34.8 Å². The Balaban J connectivity index is 1.55. The van der Waals surface area contributed by atoms with E-state index in [9.17, 15) is 9.00 Å². The molecule has 110 valence electrons. The predicted molar refractivity (Wildman–Crippen MR) is 75.5 cm³/mol. The molecule has 0 aromatic heterocycles. The molecule has 0 bridgehead atoms. The number of hydrogen-bond donors (Lipinski definition) is 2. The first-order valence-electron chi connectivity index (χ1n) is 7.20. The van der Waals surface area contributed by atoms with Crippen molar-refractivity contribution in [1.29, 1.82) is 0 Å². The summed E-state index contributed by atoms with van der Waals surface area (Å²) >= 11 is 0. The van der Waals surface area contributed by atoms with Crippen LogP contribution in [0, 0.1) is 0 Å². The summed E-state index contributed by atoms with van der Waals surface area (Å²) in [4.78, 5) is 11.8. The number of carbonyl (C=O) groups is 1. The number of nitrogens with one attached hydrogen (secondary N) is 2. The Hall–Kier alpha value is -0.460. The van der Waals surface area contributed by atoms with Crippen LogP contribution in [0.3, 0.4) is 0 Å². The first-order valence-corrected chi connectivity index (χ1v) is 8.69. The molecule has 6 heteroatoms. The molecule has 1 amide bonds. The Labute approximate surface area is 117 Å². The molecule has 2 rings (SSSR count). The van der Waals surface area contributed by atoms with Gasteiger partial charge in [-0.25, -0.2) is 0 Å². The lowest BCUT2D eigenvalue weighted by molar-refractivity contribution is -0.123. The molecule has 0 saturated carbocycles. The zero-order chi connectivity index (χ0) is 13.5. The van der Waals surface area contributed by atoms with Gasteiger partial charge in [-0.1, -0.05) is 0 Å². The van der Waals surface area contributed by atoms with Crippen LogP contribution < -0.4 is 10.6 Å². The molecule has 19 heavy (non-hydrogen) atoms. The molecule has 2 aliphatic rings. The van der Waals surface area contributed by atoms with Crippen molar-refractivity contribution in [3.8, 4) is 0 Å². The average Bonchev–Trinajstić information content (AvgIpc) is 2.43. The quantitative estimate of drug-likeness (QED) is 0.757. The fourth-order valence-electron chi connectivity index (χ4n) is 2.52. The van der Waals surface area contributed by atoms with Crippen molar-refractivity contribution in [3.63, 3.8) is 0 Å². The normalized spacial score (nSPS) is 29.1. The fourth-order valence-corrected chi connectivity index (χ4v) is 3.82. The fraction of sp³-hybridized carbons (Fsp3) is 0.923. The predicted octanol–water partition coefficient (Wildman–Crippen LogP) is 0.172. The molecule has 0 aromatic carbocycles. The lowest BCUT2D eigenvalue weighted by atomic mass is 10.1. The van der Waals surface area contributed by atoms with Crippen molar-refractivity contribution >= 4 is 16.7 Å². The summed E-state index contributed by atoms with van der Waals surface area (Å²) in [7, 11) is -0.666. The molecule has 0 radical (unpaired) electrons. The number of ether oxygens (including phenoxy) is 1. The highest BCUT2D eigenvalue weighted by Gasteiger charge is 2.19. The molecule has 2 saturated heterocycles. The largest absolute Gasteiger partial charge is 0.378 e. The van der Waals surface area contributed by atoms with Crippen molar-refractivity contribution in [1.82, 2.24) is 10.6 Å². The van der Waals surface area contributed by atoms with E-state index in [0.717, 1.165) is 50.3 Å². The van der Waals surface area contributed by atoms with Gasteiger partial charge in [0.25, 0.3) is 0 Å². The number of amides is 1. The van der Waals surface area contributed by atoms with Gasteiger partial charge >= 0.3 is 0 Å². The second-order valence-corrected chi connectivity index (χ2v) is 6.96. The van der Waals surface area contributed by atoms with Crippen LogP contribution in [0.1, 0.15) is 32.1 Å². The molecule has 2 N–H and O–H groups in total. The Kier molecular flexibility index (Phi) is 6.26. The molecular formula is C13H24N2O3S. The third kappa shape index (κ3) is 5.58. The Morgan fingerprint density at radius 1 is 1.21 bits per heavy atom. The summed E-state index contributed by atoms with van der Waals surface area (Å²) in [6.07, 6.45) is 4.50. The lowest BCUT2D eigenvalue weighted by Crippen LogP contribution is -2.40. The maximum atomic E-state index is 11.8. The van der Waals surface area contributed by atoms with E-state index in [1.807, 2.05) is 0 Å². The summed E-state index contributed by atoms with van der Waals surface area (Å²) in [5.74, 6) is 1.50. The molecule has 0 spiro atoms. The zero-order valence-electron chi connectivity index (χ0n) is 11.4. The van der Waals surface area contributed by atoms with Crippen LogP contribution in [0.2, 0.25) is 0 Å². The van der Waals surface area contributed by atoms with E-state index in [4.69, 9.17) is 4.74 Å². The molecule has 2 fully saturated rings. The van der Waals surface area contributed by atoms with Gasteiger partial charge in [0.15, 0.2) is 0 Å². The van der Waals surface area contributed by atoms with E-state index in [2.05, 4.69) is 10.6 Å². The molecule has 2 aliphatic heterocycles. The third-order valence-corrected chi connectivity index (χ3v) is 5.10. The third-order valence-electron chi connectivity index (χ3n) is 3.72. The van der Waals surface area contributed by atoms with Crippen LogP contribution in [0.4, 0.5) is 0 Å². The van der Waals surface area contributed by atoms with Crippen LogP contribution in [0.15, 0.2) is 0 Å². The molecule has 0 atom stereocenters. The molecule has 0 aromatic rings. The van der Waals surface area contributed by atoms with E-state index in [-0.39, 0.29) is 11.9 Å². The molecule has 5 nitrogen and oxygen atoms in total. The highest BCUT2D eigenvalue weighted by atomic mass is 32.2. The summed E-state index contributed by atoms with van der Waals surface area (Å²) in [5, 5.41) is 6.30. The second-order valence-electron chi connectivity index (χ2n) is 5.26. The monoisotopic (exact) mass is 288 g/mol. The van der Waals surface area contributed by atoms with Crippen molar-refractivity contribution in [2.75, 3.05) is 31.2 Å². The first-order chi connectivity index (χ1) is 9.24. The summed E-state index contributed by atoms with van der Waals surface area (Å²) in [6, 6.07) is 0.212. The van der Waals surface area contributed by atoms with Gasteiger partial charge in [0.2, 0.25) is 5.91 Å². The van der Waals surface area contributed by atoms with E-state index in [1.54, 1.807) is 0 Å². The van der Waals surface area contributed by atoms with Crippen LogP contribution in [-0.4, -0.2) is 53.5 Å². The van der Waals surface area contributed by atoms with E-state index < -0.39 is 10.8 Å². The van der Waals surface area contributed by atoms with Gasteiger partial charge < -0.3 is 15.4 Å². The highest BCUT2D eigenvalue weighted by molar-refractivity contribution is 7.85. The van der Waals surface area contributed by atoms with Crippen LogP contribution in [-0.2, 0) is 20.3 Å². The van der Waals surface area contributed by atoms with Crippen LogP contribution >= 0.6 is 0 Å². The van der Waals surface area contributed by atoms with Crippen molar-refractivity contribution in [2.24, 2.45) is 0 Å². The summed E-state index contributed by atoms with van der Waals surface area (Å²) < 4.78 is 16.9. The van der Waals surface area contributed by atoms with Crippen molar-refractivity contribution < 1.29 is 13.7 Å². The second kappa shape index (κ2) is 7.97. The Morgan fingerprint density at radius 2 is 1.89 bits per heavy atom. The SMILES string of the molecule is O=C(CCOC1CCNCC1)NC1CCS(=O)CC1. The van der Waals surface area contributed by atoms with E-state index in [0.29, 0.717) is 19.1 Å². The topological polar surface area (TPSA) is 67.4 Å². The van der Waals surface area contributed by atoms with E-state index >= 15 is 0 Å².